The van der Waals surface area contributed by atoms with Crippen molar-refractivity contribution in [1.29, 1.82) is 0 Å². The third-order valence-electron chi connectivity index (χ3n) is 12.3. The molecular weight excluding hydrogens is 767 g/mol. The number of hydrogen-bond donors (Lipinski definition) is 0. The summed E-state index contributed by atoms with van der Waals surface area (Å²) in [6.45, 7) is 0. The lowest BCUT2D eigenvalue weighted by Gasteiger charge is -2.26. The molecule has 0 saturated heterocycles. The van der Waals surface area contributed by atoms with E-state index in [1.807, 2.05) is 12.1 Å². The quantitative estimate of drug-likeness (QED) is 0.153. The summed E-state index contributed by atoms with van der Waals surface area (Å²) in [6, 6.07) is 83.8. The maximum absolute atomic E-state index is 7.23. The third-order valence-corrected chi connectivity index (χ3v) is 12.3. The molecule has 0 atom stereocenters. The zero-order valence-corrected chi connectivity index (χ0v) is 34.3. The zero-order valence-electron chi connectivity index (χ0n) is 34.3. The molecule has 0 spiro atoms. The lowest BCUT2D eigenvalue weighted by Crippen LogP contribution is -2.10. The number of nitrogens with zero attached hydrogens (tertiary/aromatic N) is 1. The molecule has 3 nitrogen and oxygen atoms in total. The highest BCUT2D eigenvalue weighted by Crippen LogP contribution is 2.48. The van der Waals surface area contributed by atoms with E-state index in [2.05, 4.69) is 229 Å². The van der Waals surface area contributed by atoms with Crippen LogP contribution in [0.4, 0.5) is 17.1 Å². The van der Waals surface area contributed by atoms with Crippen LogP contribution in [0, 0.1) is 0 Å². The molecule has 63 heavy (non-hydrogen) atoms. The van der Waals surface area contributed by atoms with E-state index < -0.39 is 0 Å². The lowest BCUT2D eigenvalue weighted by molar-refractivity contribution is 0.670. The van der Waals surface area contributed by atoms with Gasteiger partial charge >= 0.3 is 0 Å². The number of furan rings is 2. The van der Waals surface area contributed by atoms with Gasteiger partial charge in [-0.15, -0.1) is 0 Å². The van der Waals surface area contributed by atoms with Gasteiger partial charge in [0.25, 0.3) is 0 Å². The van der Waals surface area contributed by atoms with Crippen LogP contribution in [-0.4, -0.2) is 0 Å². The summed E-state index contributed by atoms with van der Waals surface area (Å²) in [5.41, 5.74) is 17.8. The van der Waals surface area contributed by atoms with Gasteiger partial charge in [-0.1, -0.05) is 194 Å². The van der Waals surface area contributed by atoms with Crippen molar-refractivity contribution in [2.75, 3.05) is 4.90 Å². The maximum Gasteiger partial charge on any atom is 0.159 e. The van der Waals surface area contributed by atoms with Crippen LogP contribution < -0.4 is 4.90 Å². The highest BCUT2D eigenvalue weighted by Gasteiger charge is 2.24. The number of fused-ring (bicyclic) bond motifs is 6. The molecule has 12 rings (SSSR count). The molecule has 0 unspecified atom stereocenters. The standard InChI is InChI=1S/C60H39NO2/c1-4-16-40(17-5-1)47-22-10-11-23-48(47)43-30-34-45(35-31-43)61(46-36-32-44(33-37-46)50-25-14-26-53-52-24-12-13-29-56(52)62-58(50)53)55-28-15-27-54-57-49(41-18-6-2-7-19-41)38-39-51(60(57)63-59(54)55)42-20-8-3-9-21-42/h1-39H. The van der Waals surface area contributed by atoms with Gasteiger partial charge in [-0.3, -0.25) is 0 Å². The van der Waals surface area contributed by atoms with Crippen LogP contribution in [-0.2, 0) is 0 Å². The second-order valence-corrected chi connectivity index (χ2v) is 16.0. The molecule has 2 heterocycles. The fourth-order valence-corrected chi connectivity index (χ4v) is 9.35. The van der Waals surface area contributed by atoms with E-state index in [0.717, 1.165) is 99.9 Å². The number of para-hydroxylation sites is 3. The van der Waals surface area contributed by atoms with E-state index in [1.165, 1.54) is 16.7 Å². The first-order chi connectivity index (χ1) is 31.3. The van der Waals surface area contributed by atoms with Gasteiger partial charge in [-0.25, -0.2) is 0 Å². The van der Waals surface area contributed by atoms with Crippen molar-refractivity contribution in [3.8, 4) is 55.6 Å². The highest BCUT2D eigenvalue weighted by atomic mass is 16.3. The van der Waals surface area contributed by atoms with E-state index in [0.29, 0.717) is 0 Å². The van der Waals surface area contributed by atoms with Crippen molar-refractivity contribution in [3.05, 3.63) is 237 Å². The Labute approximate surface area is 365 Å². The minimum atomic E-state index is 0.822. The van der Waals surface area contributed by atoms with Crippen LogP contribution in [0.3, 0.4) is 0 Å². The Hall–Kier alpha value is -8.40. The SMILES string of the molecule is c1ccc(-c2ccccc2-c2ccc(N(c3ccc(-c4cccc5c4oc4ccccc45)cc3)c3cccc4c3oc3c(-c5ccccc5)ccc(-c5ccccc5)c34)cc2)cc1. The fourth-order valence-electron chi connectivity index (χ4n) is 9.35. The van der Waals surface area contributed by atoms with Gasteiger partial charge in [-0.2, -0.15) is 0 Å². The van der Waals surface area contributed by atoms with Crippen LogP contribution in [0.25, 0.3) is 99.5 Å². The lowest BCUT2D eigenvalue weighted by atomic mass is 9.94. The number of benzene rings is 10. The molecule has 10 aromatic carbocycles. The zero-order chi connectivity index (χ0) is 41.7. The Kier molecular flexibility index (Phi) is 8.83. The summed E-state index contributed by atoms with van der Waals surface area (Å²) in [4.78, 5) is 2.33. The van der Waals surface area contributed by atoms with Crippen molar-refractivity contribution in [1.82, 2.24) is 0 Å². The fraction of sp³-hybridized carbons (Fsp3) is 0. The Morgan fingerprint density at radius 1 is 0.254 bits per heavy atom. The molecule has 0 fully saturated rings. The number of hydrogen-bond acceptors (Lipinski definition) is 3. The molecular formula is C60H39NO2. The third kappa shape index (κ3) is 6.29. The molecule has 296 valence electrons. The van der Waals surface area contributed by atoms with Gasteiger partial charge in [0.2, 0.25) is 0 Å². The van der Waals surface area contributed by atoms with Gasteiger partial charge < -0.3 is 13.7 Å². The molecule has 0 saturated carbocycles. The van der Waals surface area contributed by atoms with Crippen molar-refractivity contribution in [2.24, 2.45) is 0 Å². The largest absolute Gasteiger partial charge is 0.455 e. The highest BCUT2D eigenvalue weighted by molar-refractivity contribution is 6.19. The van der Waals surface area contributed by atoms with Crippen molar-refractivity contribution in [2.45, 2.75) is 0 Å². The van der Waals surface area contributed by atoms with Gasteiger partial charge in [0.05, 0.1) is 5.69 Å². The van der Waals surface area contributed by atoms with Crippen molar-refractivity contribution < 1.29 is 8.83 Å². The summed E-state index contributed by atoms with van der Waals surface area (Å²) < 4.78 is 13.7. The smallest absolute Gasteiger partial charge is 0.159 e. The molecule has 0 bridgehead atoms. The first kappa shape index (κ1) is 36.5. The summed E-state index contributed by atoms with van der Waals surface area (Å²) >= 11 is 0. The monoisotopic (exact) mass is 805 g/mol. The molecule has 3 heteroatoms. The Morgan fingerprint density at radius 2 is 0.698 bits per heavy atom. The van der Waals surface area contributed by atoms with Crippen LogP contribution in [0.15, 0.2) is 245 Å². The van der Waals surface area contributed by atoms with Crippen LogP contribution in [0.5, 0.6) is 0 Å². The average molecular weight is 806 g/mol. The average Bonchev–Trinajstić information content (AvgIpc) is 3.95. The summed E-state index contributed by atoms with van der Waals surface area (Å²) in [6.07, 6.45) is 0. The summed E-state index contributed by atoms with van der Waals surface area (Å²) in [7, 11) is 0. The normalized spacial score (nSPS) is 11.5. The maximum atomic E-state index is 7.23. The Balaban J connectivity index is 1.05. The minimum absolute atomic E-state index is 0.822. The predicted molar refractivity (Wildman–Crippen MR) is 263 cm³/mol. The van der Waals surface area contributed by atoms with E-state index >= 15 is 0 Å². The Bertz CT molecular complexity index is 3590. The molecule has 12 aromatic rings. The van der Waals surface area contributed by atoms with Gasteiger partial charge in [-0.05, 0) is 87.0 Å². The van der Waals surface area contributed by atoms with E-state index in [1.54, 1.807) is 0 Å². The van der Waals surface area contributed by atoms with Gasteiger partial charge in [0.1, 0.15) is 16.7 Å². The minimum Gasteiger partial charge on any atom is -0.455 e. The molecule has 0 aliphatic rings. The predicted octanol–water partition coefficient (Wildman–Crippen LogP) is 17.3. The van der Waals surface area contributed by atoms with E-state index in [4.69, 9.17) is 8.83 Å². The van der Waals surface area contributed by atoms with E-state index in [9.17, 15) is 0 Å². The first-order valence-corrected chi connectivity index (χ1v) is 21.4. The molecule has 0 radical (unpaired) electrons. The topological polar surface area (TPSA) is 29.5 Å². The number of anilines is 3. The van der Waals surface area contributed by atoms with Crippen molar-refractivity contribution in [3.63, 3.8) is 0 Å². The van der Waals surface area contributed by atoms with Crippen LogP contribution >= 0.6 is 0 Å². The second-order valence-electron chi connectivity index (χ2n) is 16.0. The van der Waals surface area contributed by atoms with E-state index in [-0.39, 0.29) is 0 Å². The van der Waals surface area contributed by atoms with Crippen molar-refractivity contribution >= 4 is 60.9 Å². The number of rotatable bonds is 8. The summed E-state index contributed by atoms with van der Waals surface area (Å²) in [5.74, 6) is 0. The van der Waals surface area contributed by atoms with Crippen LogP contribution in [0.1, 0.15) is 0 Å². The molecule has 0 amide bonds. The summed E-state index contributed by atoms with van der Waals surface area (Å²) in [5, 5.41) is 4.40. The second kappa shape index (κ2) is 15.3. The first-order valence-electron chi connectivity index (χ1n) is 21.4. The van der Waals surface area contributed by atoms with Crippen LogP contribution in [0.2, 0.25) is 0 Å². The molecule has 2 aromatic heterocycles. The molecule has 0 aliphatic carbocycles. The molecule has 0 N–H and O–H groups in total. The Morgan fingerprint density at radius 3 is 1.35 bits per heavy atom. The molecule has 0 aliphatic heterocycles. The van der Waals surface area contributed by atoms with Gasteiger partial charge in [0.15, 0.2) is 5.58 Å². The van der Waals surface area contributed by atoms with Gasteiger partial charge in [0, 0.05) is 44.0 Å².